The minimum Gasteiger partial charge on any atom is -0.346 e. The number of carbonyl (C=O) groups is 2. The van der Waals surface area contributed by atoms with Crippen molar-refractivity contribution in [2.45, 2.75) is 0 Å². The van der Waals surface area contributed by atoms with E-state index in [1.54, 1.807) is 12.1 Å². The smallest absolute Gasteiger partial charge is 0.272 e. The highest BCUT2D eigenvalue weighted by Gasteiger charge is 2.15. The van der Waals surface area contributed by atoms with Crippen LogP contribution >= 0.6 is 0 Å². The van der Waals surface area contributed by atoms with Crippen LogP contribution in [0, 0.1) is 0 Å². The molecule has 0 aliphatic heterocycles. The number of aromatic amines is 1. The molecule has 0 unspecified atom stereocenters. The van der Waals surface area contributed by atoms with Crippen LogP contribution in [-0.2, 0) is 0 Å². The van der Waals surface area contributed by atoms with Gasteiger partial charge in [0.2, 0.25) is 0 Å². The summed E-state index contributed by atoms with van der Waals surface area (Å²) in [5.41, 5.74) is 0.783. The van der Waals surface area contributed by atoms with Gasteiger partial charge < -0.3 is 15.6 Å². The van der Waals surface area contributed by atoms with Crippen LogP contribution in [0.2, 0.25) is 0 Å². The van der Waals surface area contributed by atoms with Gasteiger partial charge in [0.05, 0.1) is 0 Å². The van der Waals surface area contributed by atoms with Crippen molar-refractivity contribution in [3.05, 3.63) is 119 Å². The van der Waals surface area contributed by atoms with E-state index in [1.807, 2.05) is 72.8 Å². The van der Waals surface area contributed by atoms with E-state index in [9.17, 15) is 14.4 Å². The van der Waals surface area contributed by atoms with Gasteiger partial charge in [-0.2, -0.15) is 0 Å². The van der Waals surface area contributed by atoms with E-state index < -0.39 is 17.2 Å². The minimum absolute atomic E-state index is 0.00139. The van der Waals surface area contributed by atoms with Gasteiger partial charge in [-0.1, -0.05) is 72.8 Å². The first-order valence-electron chi connectivity index (χ1n) is 10.4. The lowest BCUT2D eigenvalue weighted by Crippen LogP contribution is -2.22. The number of amides is 2. The number of aromatic nitrogens is 1. The first-order chi connectivity index (χ1) is 16.1. The number of nitrogens with one attached hydrogen (secondary N) is 3. The first kappa shape index (κ1) is 20.2. The maximum Gasteiger partial charge on any atom is 0.272 e. The topological polar surface area (TPSA) is 91.1 Å². The Kier molecular flexibility index (Phi) is 5.16. The Labute approximate surface area is 188 Å². The molecule has 1 aromatic heterocycles. The van der Waals surface area contributed by atoms with Crippen molar-refractivity contribution in [1.82, 2.24) is 4.98 Å². The lowest BCUT2D eigenvalue weighted by atomic mass is 10.1. The standard InChI is InChI=1S/C27H19N3O3/c31-19-15-24(26(32)29-22-13-5-9-17-7-1-3-11-20(17)22)28-25(16-19)27(33)30-23-14-6-10-18-8-2-4-12-21(18)23/h1-16H,(H,28,31)(H,29,32)(H,30,33). The van der Waals surface area contributed by atoms with Crippen LogP contribution in [0.3, 0.4) is 0 Å². The van der Waals surface area contributed by atoms with Crippen LogP contribution in [0.25, 0.3) is 21.5 Å². The number of anilines is 2. The van der Waals surface area contributed by atoms with E-state index in [-0.39, 0.29) is 11.4 Å². The Bertz CT molecular complexity index is 1460. The quantitative estimate of drug-likeness (QED) is 0.364. The molecular formula is C27H19N3O3. The Morgan fingerprint density at radius 1 is 0.576 bits per heavy atom. The fraction of sp³-hybridized carbons (Fsp3) is 0. The summed E-state index contributed by atoms with van der Waals surface area (Å²) < 4.78 is 0. The summed E-state index contributed by atoms with van der Waals surface area (Å²) in [7, 11) is 0. The molecule has 0 atom stereocenters. The lowest BCUT2D eigenvalue weighted by molar-refractivity contribution is 0.101. The Balaban J connectivity index is 1.43. The first-order valence-corrected chi connectivity index (χ1v) is 10.4. The molecule has 2 amide bonds. The van der Waals surface area contributed by atoms with Crippen molar-refractivity contribution in [1.29, 1.82) is 0 Å². The van der Waals surface area contributed by atoms with Crippen LogP contribution in [-0.4, -0.2) is 16.8 Å². The molecule has 160 valence electrons. The maximum atomic E-state index is 12.9. The second-order valence-electron chi connectivity index (χ2n) is 7.61. The molecular weight excluding hydrogens is 414 g/mol. The van der Waals surface area contributed by atoms with E-state index >= 15 is 0 Å². The van der Waals surface area contributed by atoms with Crippen LogP contribution in [0.4, 0.5) is 11.4 Å². The second-order valence-corrected chi connectivity index (χ2v) is 7.61. The fourth-order valence-corrected chi connectivity index (χ4v) is 3.84. The van der Waals surface area contributed by atoms with Crippen LogP contribution in [0.1, 0.15) is 21.0 Å². The van der Waals surface area contributed by atoms with Crippen molar-refractivity contribution in [2.75, 3.05) is 10.6 Å². The summed E-state index contributed by atoms with van der Waals surface area (Å²) in [5.74, 6) is -1.02. The number of hydrogen-bond donors (Lipinski definition) is 3. The zero-order valence-electron chi connectivity index (χ0n) is 17.5. The minimum atomic E-state index is -0.511. The van der Waals surface area contributed by atoms with Gasteiger partial charge in [0.1, 0.15) is 11.4 Å². The number of rotatable bonds is 4. The number of H-pyrrole nitrogens is 1. The van der Waals surface area contributed by atoms with Crippen LogP contribution in [0.15, 0.2) is 102 Å². The average molecular weight is 433 g/mol. The summed E-state index contributed by atoms with van der Waals surface area (Å²) in [5, 5.41) is 9.36. The Hall–Kier alpha value is -4.71. The predicted octanol–water partition coefficient (Wildman–Crippen LogP) is 5.19. The van der Waals surface area contributed by atoms with Gasteiger partial charge in [0, 0.05) is 34.3 Å². The summed E-state index contributed by atoms with van der Waals surface area (Å²) in [6.07, 6.45) is 0. The molecule has 0 bridgehead atoms. The number of carbonyl (C=O) groups excluding carboxylic acids is 2. The van der Waals surface area contributed by atoms with Crippen molar-refractivity contribution >= 4 is 44.7 Å². The maximum absolute atomic E-state index is 12.9. The van der Waals surface area contributed by atoms with Gasteiger partial charge in [0.15, 0.2) is 5.43 Å². The largest absolute Gasteiger partial charge is 0.346 e. The molecule has 0 aliphatic rings. The lowest BCUT2D eigenvalue weighted by Gasteiger charge is -2.11. The zero-order chi connectivity index (χ0) is 22.8. The molecule has 0 saturated heterocycles. The number of benzene rings is 4. The van der Waals surface area contributed by atoms with Gasteiger partial charge in [-0.15, -0.1) is 0 Å². The van der Waals surface area contributed by atoms with Crippen LogP contribution in [0.5, 0.6) is 0 Å². The molecule has 0 radical (unpaired) electrons. The van der Waals surface area contributed by atoms with Gasteiger partial charge in [0.25, 0.3) is 11.8 Å². The third-order valence-corrected chi connectivity index (χ3v) is 5.41. The van der Waals surface area contributed by atoms with Gasteiger partial charge in [-0.3, -0.25) is 14.4 Å². The summed E-state index contributed by atoms with van der Waals surface area (Å²) in [4.78, 5) is 40.9. The molecule has 1 heterocycles. The summed E-state index contributed by atoms with van der Waals surface area (Å²) >= 11 is 0. The highest BCUT2D eigenvalue weighted by atomic mass is 16.2. The number of pyridine rings is 1. The molecule has 0 aliphatic carbocycles. The number of hydrogen-bond acceptors (Lipinski definition) is 3. The zero-order valence-corrected chi connectivity index (χ0v) is 17.5. The number of fused-ring (bicyclic) bond motifs is 2. The Morgan fingerprint density at radius 2 is 1.00 bits per heavy atom. The summed E-state index contributed by atoms with van der Waals surface area (Å²) in [6, 6.07) is 28.8. The molecule has 33 heavy (non-hydrogen) atoms. The predicted molar refractivity (Wildman–Crippen MR) is 131 cm³/mol. The molecule has 3 N–H and O–H groups in total. The molecule has 6 nitrogen and oxygen atoms in total. The Morgan fingerprint density at radius 3 is 1.48 bits per heavy atom. The van der Waals surface area contributed by atoms with Crippen molar-refractivity contribution < 1.29 is 9.59 Å². The normalized spacial score (nSPS) is 10.8. The molecule has 5 rings (SSSR count). The van der Waals surface area contributed by atoms with E-state index in [1.165, 1.54) is 12.1 Å². The molecule has 0 fully saturated rings. The second kappa shape index (κ2) is 8.43. The highest BCUT2D eigenvalue weighted by molar-refractivity contribution is 6.10. The molecule has 6 heteroatoms. The summed E-state index contributed by atoms with van der Waals surface area (Å²) in [6.45, 7) is 0. The SMILES string of the molecule is O=C(Nc1cccc2ccccc12)c1cc(=O)cc(C(=O)Nc2cccc3ccccc23)[nH]1. The van der Waals surface area contributed by atoms with Gasteiger partial charge in [-0.05, 0) is 22.9 Å². The van der Waals surface area contributed by atoms with E-state index in [4.69, 9.17) is 0 Å². The highest BCUT2D eigenvalue weighted by Crippen LogP contribution is 2.24. The fourth-order valence-electron chi connectivity index (χ4n) is 3.84. The molecule has 4 aromatic carbocycles. The van der Waals surface area contributed by atoms with Crippen molar-refractivity contribution in [3.63, 3.8) is 0 Å². The van der Waals surface area contributed by atoms with Crippen molar-refractivity contribution in [2.24, 2.45) is 0 Å². The molecule has 0 spiro atoms. The molecule has 5 aromatic rings. The third kappa shape index (κ3) is 4.09. The van der Waals surface area contributed by atoms with E-state index in [2.05, 4.69) is 15.6 Å². The monoisotopic (exact) mass is 433 g/mol. The van der Waals surface area contributed by atoms with Crippen LogP contribution < -0.4 is 16.1 Å². The average Bonchev–Trinajstić information content (AvgIpc) is 2.84. The van der Waals surface area contributed by atoms with Gasteiger partial charge in [-0.25, -0.2) is 0 Å². The van der Waals surface area contributed by atoms with Gasteiger partial charge >= 0.3 is 0 Å². The van der Waals surface area contributed by atoms with E-state index in [0.29, 0.717) is 11.4 Å². The third-order valence-electron chi connectivity index (χ3n) is 5.41. The molecule has 0 saturated carbocycles. The van der Waals surface area contributed by atoms with Crippen molar-refractivity contribution in [3.8, 4) is 0 Å². The van der Waals surface area contributed by atoms with E-state index in [0.717, 1.165) is 21.5 Å².